The lowest BCUT2D eigenvalue weighted by Gasteiger charge is -2.12. The lowest BCUT2D eigenvalue weighted by atomic mass is 10.3. The van der Waals surface area contributed by atoms with Gasteiger partial charge in [-0.2, -0.15) is 0 Å². The maximum absolute atomic E-state index is 12.2. The summed E-state index contributed by atoms with van der Waals surface area (Å²) in [5.74, 6) is -0.423. The number of fused-ring (bicyclic) bond motifs is 1. The summed E-state index contributed by atoms with van der Waals surface area (Å²) in [6, 6.07) is 1.14. The summed E-state index contributed by atoms with van der Waals surface area (Å²) in [4.78, 5) is 29.8. The summed E-state index contributed by atoms with van der Waals surface area (Å²) >= 11 is 1.46. The number of nitrogens with zero attached hydrogens (tertiary/aromatic N) is 2. The molecule has 1 atom stereocenters. The minimum absolute atomic E-state index is 0.204. The maximum atomic E-state index is 12.2. The monoisotopic (exact) mass is 266 g/mol. The first-order chi connectivity index (χ1) is 8.54. The van der Waals surface area contributed by atoms with Gasteiger partial charge in [0.1, 0.15) is 10.9 Å². The van der Waals surface area contributed by atoms with Crippen LogP contribution in [0.4, 0.5) is 0 Å². The van der Waals surface area contributed by atoms with E-state index in [2.05, 4.69) is 4.98 Å². The second-order valence-electron chi connectivity index (χ2n) is 3.96. The fourth-order valence-corrected chi connectivity index (χ4v) is 2.55. The van der Waals surface area contributed by atoms with E-state index in [1.165, 1.54) is 22.2 Å². The van der Waals surface area contributed by atoms with Gasteiger partial charge in [-0.3, -0.25) is 9.36 Å². The molecule has 0 saturated carbocycles. The van der Waals surface area contributed by atoms with E-state index in [0.717, 1.165) is 4.88 Å². The Morgan fingerprint density at radius 1 is 1.61 bits per heavy atom. The van der Waals surface area contributed by atoms with Crippen LogP contribution in [0.15, 0.2) is 17.2 Å². The Bertz CT molecular complexity index is 644. The van der Waals surface area contributed by atoms with Gasteiger partial charge in [0.2, 0.25) is 0 Å². The number of hydrogen-bond acceptors (Lipinski definition) is 5. The first-order valence-electron chi connectivity index (χ1n) is 5.68. The van der Waals surface area contributed by atoms with E-state index in [9.17, 15) is 9.59 Å². The highest BCUT2D eigenvalue weighted by atomic mass is 32.1. The fraction of sp³-hybridized carbons (Fsp3) is 0.417. The molecule has 0 saturated heterocycles. The Balaban J connectivity index is 2.48. The number of esters is 1. The molecule has 0 aliphatic carbocycles. The minimum Gasteiger partial charge on any atom is -0.464 e. The van der Waals surface area contributed by atoms with Gasteiger partial charge in [0.05, 0.1) is 18.3 Å². The molecule has 2 aromatic rings. The number of ether oxygens (including phenoxy) is 1. The van der Waals surface area contributed by atoms with E-state index in [-0.39, 0.29) is 5.56 Å². The van der Waals surface area contributed by atoms with Gasteiger partial charge in [-0.1, -0.05) is 0 Å². The molecule has 0 fully saturated rings. The van der Waals surface area contributed by atoms with Crippen LogP contribution in [0.25, 0.3) is 10.2 Å². The van der Waals surface area contributed by atoms with Crippen molar-refractivity contribution in [3.8, 4) is 0 Å². The maximum Gasteiger partial charge on any atom is 0.328 e. The van der Waals surface area contributed by atoms with E-state index in [1.54, 1.807) is 19.9 Å². The van der Waals surface area contributed by atoms with Crippen LogP contribution in [0.5, 0.6) is 0 Å². The van der Waals surface area contributed by atoms with E-state index < -0.39 is 12.0 Å². The van der Waals surface area contributed by atoms with Crippen molar-refractivity contribution in [3.63, 3.8) is 0 Å². The Kier molecular flexibility index (Phi) is 3.47. The van der Waals surface area contributed by atoms with E-state index in [1.807, 2.05) is 6.92 Å². The largest absolute Gasteiger partial charge is 0.464 e. The Labute approximate surface area is 108 Å². The summed E-state index contributed by atoms with van der Waals surface area (Å²) in [6.07, 6.45) is 1.40. The van der Waals surface area contributed by atoms with Crippen molar-refractivity contribution < 1.29 is 9.53 Å². The summed E-state index contributed by atoms with van der Waals surface area (Å²) in [5.41, 5.74) is -0.204. The molecule has 0 N–H and O–H groups in total. The third-order valence-electron chi connectivity index (χ3n) is 2.64. The zero-order valence-corrected chi connectivity index (χ0v) is 11.3. The van der Waals surface area contributed by atoms with Gasteiger partial charge < -0.3 is 4.74 Å². The Morgan fingerprint density at radius 3 is 3.00 bits per heavy atom. The summed E-state index contributed by atoms with van der Waals surface area (Å²) in [5, 5.41) is 0.552. The van der Waals surface area contributed by atoms with Crippen molar-refractivity contribution >= 4 is 27.5 Å². The molecule has 2 aromatic heterocycles. The Morgan fingerprint density at radius 2 is 2.33 bits per heavy atom. The van der Waals surface area contributed by atoms with Crippen LogP contribution in [0.1, 0.15) is 24.8 Å². The second-order valence-corrected chi connectivity index (χ2v) is 5.20. The predicted octanol–water partition coefficient (Wildman–Crippen LogP) is 1.89. The van der Waals surface area contributed by atoms with Gasteiger partial charge in [0.15, 0.2) is 0 Å². The van der Waals surface area contributed by atoms with Crippen LogP contribution in [0.3, 0.4) is 0 Å². The molecule has 0 amide bonds. The van der Waals surface area contributed by atoms with Crippen LogP contribution < -0.4 is 5.56 Å². The van der Waals surface area contributed by atoms with Gasteiger partial charge in [0.25, 0.3) is 5.56 Å². The molecule has 2 heterocycles. The molecule has 1 unspecified atom stereocenters. The molecule has 0 spiro atoms. The van der Waals surface area contributed by atoms with Crippen LogP contribution in [0, 0.1) is 6.92 Å². The van der Waals surface area contributed by atoms with Gasteiger partial charge in [-0.15, -0.1) is 11.3 Å². The summed E-state index contributed by atoms with van der Waals surface area (Å²) in [7, 11) is 0. The summed E-state index contributed by atoms with van der Waals surface area (Å²) < 4.78 is 6.22. The topological polar surface area (TPSA) is 61.2 Å². The molecule has 96 valence electrons. The molecule has 18 heavy (non-hydrogen) atoms. The third kappa shape index (κ3) is 2.15. The molecule has 0 aliphatic heterocycles. The van der Waals surface area contributed by atoms with Crippen LogP contribution >= 0.6 is 11.3 Å². The first-order valence-corrected chi connectivity index (χ1v) is 6.50. The number of aromatic nitrogens is 2. The van der Waals surface area contributed by atoms with Gasteiger partial charge in [-0.25, -0.2) is 9.78 Å². The van der Waals surface area contributed by atoms with Crippen LogP contribution in [-0.4, -0.2) is 22.1 Å². The van der Waals surface area contributed by atoms with Crippen molar-refractivity contribution in [1.82, 2.24) is 9.55 Å². The molecule has 5 nitrogen and oxygen atoms in total. The standard InChI is InChI=1S/C12H14N2O3S/c1-4-17-12(16)8(3)14-6-13-10-9(11(14)15)5-7(2)18-10/h5-6,8H,4H2,1-3H3. The quantitative estimate of drug-likeness (QED) is 0.796. The highest BCUT2D eigenvalue weighted by molar-refractivity contribution is 7.18. The predicted molar refractivity (Wildman–Crippen MR) is 70.0 cm³/mol. The number of rotatable bonds is 3. The van der Waals surface area contributed by atoms with Crippen molar-refractivity contribution in [3.05, 3.63) is 27.6 Å². The fourth-order valence-electron chi connectivity index (χ4n) is 1.71. The van der Waals surface area contributed by atoms with Crippen molar-refractivity contribution in [1.29, 1.82) is 0 Å². The van der Waals surface area contributed by atoms with E-state index >= 15 is 0 Å². The molecular weight excluding hydrogens is 252 g/mol. The lowest BCUT2D eigenvalue weighted by Crippen LogP contribution is -2.29. The highest BCUT2D eigenvalue weighted by Gasteiger charge is 2.19. The molecule has 0 aliphatic rings. The van der Waals surface area contributed by atoms with E-state index in [0.29, 0.717) is 16.8 Å². The zero-order chi connectivity index (χ0) is 13.3. The average molecular weight is 266 g/mol. The minimum atomic E-state index is -0.658. The molecule has 0 bridgehead atoms. The lowest BCUT2D eigenvalue weighted by molar-refractivity contribution is -0.146. The van der Waals surface area contributed by atoms with Crippen LogP contribution in [0.2, 0.25) is 0 Å². The van der Waals surface area contributed by atoms with Crippen molar-refractivity contribution in [2.24, 2.45) is 0 Å². The highest BCUT2D eigenvalue weighted by Crippen LogP contribution is 2.20. The second kappa shape index (κ2) is 4.89. The number of hydrogen-bond donors (Lipinski definition) is 0. The summed E-state index contributed by atoms with van der Waals surface area (Å²) in [6.45, 7) is 5.58. The van der Waals surface area contributed by atoms with E-state index in [4.69, 9.17) is 4.74 Å². The van der Waals surface area contributed by atoms with Crippen molar-refractivity contribution in [2.45, 2.75) is 26.8 Å². The normalized spacial score (nSPS) is 12.6. The molecule has 2 rings (SSSR count). The SMILES string of the molecule is CCOC(=O)C(C)n1cnc2sc(C)cc2c1=O. The molecule has 0 aromatic carbocycles. The van der Waals surface area contributed by atoms with Crippen LogP contribution in [-0.2, 0) is 9.53 Å². The van der Waals surface area contributed by atoms with Crippen molar-refractivity contribution in [2.75, 3.05) is 6.61 Å². The number of carbonyl (C=O) groups is 1. The van der Waals surface area contributed by atoms with Gasteiger partial charge in [-0.05, 0) is 26.8 Å². The average Bonchev–Trinajstić information content (AvgIpc) is 2.71. The number of carbonyl (C=O) groups excluding carboxylic acids is 1. The van der Waals surface area contributed by atoms with Gasteiger partial charge >= 0.3 is 5.97 Å². The molecule has 6 heteroatoms. The number of thiophene rings is 1. The smallest absolute Gasteiger partial charge is 0.328 e. The number of aryl methyl sites for hydroxylation is 1. The Hall–Kier alpha value is -1.69. The van der Waals surface area contributed by atoms with Gasteiger partial charge in [0, 0.05) is 4.88 Å². The zero-order valence-electron chi connectivity index (χ0n) is 10.5. The molecule has 0 radical (unpaired) electrons. The molecular formula is C12H14N2O3S. The third-order valence-corrected chi connectivity index (χ3v) is 3.60. The first kappa shape index (κ1) is 12.8.